The van der Waals surface area contributed by atoms with Crippen molar-refractivity contribution < 1.29 is 9.53 Å². The number of benzene rings is 1. The summed E-state index contributed by atoms with van der Waals surface area (Å²) in [6, 6.07) is 5.54. The summed E-state index contributed by atoms with van der Waals surface area (Å²) in [5, 5.41) is 1.03. The molecular weight excluding hydrogens is 307 g/mol. The molecule has 0 heterocycles. The van der Waals surface area contributed by atoms with Crippen LogP contribution in [0.5, 0.6) is 0 Å². The Morgan fingerprint density at radius 2 is 2.00 bits per heavy atom. The molecule has 1 aliphatic carbocycles. The van der Waals surface area contributed by atoms with Crippen molar-refractivity contribution in [3.05, 3.63) is 70.3 Å². The molecule has 0 N–H and O–H groups in total. The van der Waals surface area contributed by atoms with Crippen molar-refractivity contribution in [1.29, 1.82) is 0 Å². The Morgan fingerprint density at radius 3 is 2.62 bits per heavy atom. The largest absolute Gasteiger partial charge is 0.466 e. The molecule has 0 bridgehead atoms. The van der Waals surface area contributed by atoms with Gasteiger partial charge in [0.2, 0.25) is 0 Å². The summed E-state index contributed by atoms with van der Waals surface area (Å²) in [4.78, 5) is 11.4. The van der Waals surface area contributed by atoms with Crippen LogP contribution in [0.25, 0.3) is 0 Å². The fourth-order valence-corrected chi connectivity index (χ4v) is 2.59. The second-order valence-corrected chi connectivity index (χ2v) is 5.57. The number of halogens is 2. The van der Waals surface area contributed by atoms with Gasteiger partial charge in [-0.15, -0.1) is 0 Å². The topological polar surface area (TPSA) is 26.3 Å². The summed E-state index contributed by atoms with van der Waals surface area (Å²) >= 11 is 12.1. The van der Waals surface area contributed by atoms with E-state index in [-0.39, 0.29) is 17.8 Å². The number of allylic oxidation sites excluding steroid dienone is 5. The highest BCUT2D eigenvalue weighted by molar-refractivity contribution is 6.42. The molecular formula is C17H16Cl2O2. The highest BCUT2D eigenvalue weighted by Crippen LogP contribution is 2.34. The second kappa shape index (κ2) is 7.48. The van der Waals surface area contributed by atoms with Gasteiger partial charge in [0.05, 0.1) is 17.2 Å². The molecule has 0 saturated carbocycles. The molecule has 2 nitrogen and oxygen atoms in total. The van der Waals surface area contributed by atoms with Gasteiger partial charge in [-0.3, -0.25) is 0 Å². The number of methoxy groups -OCH3 is 1. The van der Waals surface area contributed by atoms with Gasteiger partial charge < -0.3 is 4.74 Å². The highest BCUT2D eigenvalue weighted by atomic mass is 35.5. The van der Waals surface area contributed by atoms with Crippen molar-refractivity contribution in [2.45, 2.75) is 12.3 Å². The maximum Gasteiger partial charge on any atom is 0.330 e. The van der Waals surface area contributed by atoms with Crippen molar-refractivity contribution >= 4 is 29.2 Å². The molecule has 1 atom stereocenters. The molecule has 1 unspecified atom stereocenters. The van der Waals surface area contributed by atoms with Gasteiger partial charge in [0, 0.05) is 17.9 Å². The number of rotatable bonds is 4. The lowest BCUT2D eigenvalue weighted by Crippen LogP contribution is -2.09. The van der Waals surface area contributed by atoms with Crippen molar-refractivity contribution in [3.8, 4) is 0 Å². The van der Waals surface area contributed by atoms with Crippen LogP contribution in [-0.4, -0.2) is 13.1 Å². The van der Waals surface area contributed by atoms with E-state index in [1.807, 2.05) is 18.2 Å². The Balaban J connectivity index is 2.34. The third-order valence-corrected chi connectivity index (χ3v) is 4.11. The molecule has 1 aromatic rings. The average Bonchev–Trinajstić information content (AvgIpc) is 2.51. The molecule has 0 spiro atoms. The first kappa shape index (κ1) is 15.9. The van der Waals surface area contributed by atoms with E-state index >= 15 is 0 Å². The molecule has 4 heteroatoms. The van der Waals surface area contributed by atoms with Crippen molar-refractivity contribution in [2.24, 2.45) is 5.92 Å². The van der Waals surface area contributed by atoms with Crippen LogP contribution in [-0.2, 0) is 9.53 Å². The standard InChI is InChI=1S/C17H16Cl2O2/c1-21-17(20)10-8-14(12-5-3-2-4-6-12)13-7-9-15(18)16(19)11-13/h3-12,14H,2H2,1H3/b10-8+. The summed E-state index contributed by atoms with van der Waals surface area (Å²) in [5.74, 6) is -0.188. The average molecular weight is 323 g/mol. The number of carbonyl (C=O) groups excluding carboxylic acids is 1. The quantitative estimate of drug-likeness (QED) is 0.446. The first-order valence-corrected chi connectivity index (χ1v) is 7.42. The fourth-order valence-electron chi connectivity index (χ4n) is 2.29. The van der Waals surface area contributed by atoms with E-state index in [9.17, 15) is 4.79 Å². The SMILES string of the molecule is COC(=O)/C=C/C(c1ccc(Cl)c(Cl)c1)C1C=CCC=C1. The Hall–Kier alpha value is -1.51. The second-order valence-electron chi connectivity index (χ2n) is 4.75. The molecule has 21 heavy (non-hydrogen) atoms. The number of ether oxygens (including phenoxy) is 1. The van der Waals surface area contributed by atoms with Gasteiger partial charge in [0.25, 0.3) is 0 Å². The van der Waals surface area contributed by atoms with Gasteiger partial charge in [-0.25, -0.2) is 4.79 Å². The van der Waals surface area contributed by atoms with Crippen LogP contribution in [0.1, 0.15) is 17.9 Å². The lowest BCUT2D eigenvalue weighted by molar-refractivity contribution is -0.134. The zero-order valence-electron chi connectivity index (χ0n) is 11.6. The van der Waals surface area contributed by atoms with E-state index in [0.717, 1.165) is 12.0 Å². The summed E-state index contributed by atoms with van der Waals surface area (Å²) < 4.78 is 4.66. The third-order valence-electron chi connectivity index (χ3n) is 3.37. The van der Waals surface area contributed by atoms with Gasteiger partial charge in [-0.1, -0.05) is 59.6 Å². The van der Waals surface area contributed by atoms with Crippen LogP contribution in [0.3, 0.4) is 0 Å². The third kappa shape index (κ3) is 4.23. The van der Waals surface area contributed by atoms with Crippen LogP contribution in [0.4, 0.5) is 0 Å². The van der Waals surface area contributed by atoms with Crippen LogP contribution in [0.2, 0.25) is 10.0 Å². The number of carbonyl (C=O) groups is 1. The maximum atomic E-state index is 11.4. The van der Waals surface area contributed by atoms with Crippen LogP contribution < -0.4 is 0 Å². The lowest BCUT2D eigenvalue weighted by Gasteiger charge is -2.21. The molecule has 0 fully saturated rings. The summed E-state index contributed by atoms with van der Waals surface area (Å²) in [6.45, 7) is 0. The van der Waals surface area contributed by atoms with Crippen LogP contribution in [0, 0.1) is 5.92 Å². The predicted octanol–water partition coefficient (Wildman–Crippen LogP) is 4.94. The van der Waals surface area contributed by atoms with E-state index in [0.29, 0.717) is 10.0 Å². The van der Waals surface area contributed by atoms with E-state index in [1.165, 1.54) is 13.2 Å². The Kier molecular flexibility index (Phi) is 5.66. The Bertz CT molecular complexity index is 591. The molecule has 2 rings (SSSR count). The van der Waals surface area contributed by atoms with Crippen molar-refractivity contribution in [3.63, 3.8) is 0 Å². The molecule has 0 aliphatic heterocycles. The van der Waals surface area contributed by atoms with Gasteiger partial charge in [0.15, 0.2) is 0 Å². The predicted molar refractivity (Wildman–Crippen MR) is 86.7 cm³/mol. The Labute approximate surface area is 134 Å². The summed E-state index contributed by atoms with van der Waals surface area (Å²) in [6.07, 6.45) is 12.7. The summed E-state index contributed by atoms with van der Waals surface area (Å²) in [5.41, 5.74) is 1.01. The lowest BCUT2D eigenvalue weighted by atomic mass is 9.83. The van der Waals surface area contributed by atoms with Crippen LogP contribution >= 0.6 is 23.2 Å². The number of hydrogen-bond donors (Lipinski definition) is 0. The minimum atomic E-state index is -0.371. The molecule has 0 aromatic heterocycles. The zero-order chi connectivity index (χ0) is 15.2. The smallest absolute Gasteiger partial charge is 0.330 e. The zero-order valence-corrected chi connectivity index (χ0v) is 13.1. The van der Waals surface area contributed by atoms with Crippen molar-refractivity contribution in [2.75, 3.05) is 7.11 Å². The molecule has 1 aliphatic rings. The van der Waals surface area contributed by atoms with Gasteiger partial charge in [0.1, 0.15) is 0 Å². The minimum absolute atomic E-state index is 0.00617. The fraction of sp³-hybridized carbons (Fsp3) is 0.235. The van der Waals surface area contributed by atoms with E-state index in [1.54, 1.807) is 6.07 Å². The molecule has 0 amide bonds. The molecule has 0 radical (unpaired) electrons. The van der Waals surface area contributed by atoms with Crippen molar-refractivity contribution in [1.82, 2.24) is 0 Å². The van der Waals surface area contributed by atoms with Gasteiger partial charge >= 0.3 is 5.97 Å². The van der Waals surface area contributed by atoms with E-state index in [2.05, 4.69) is 29.0 Å². The van der Waals surface area contributed by atoms with E-state index < -0.39 is 0 Å². The Morgan fingerprint density at radius 1 is 1.29 bits per heavy atom. The molecule has 110 valence electrons. The van der Waals surface area contributed by atoms with E-state index in [4.69, 9.17) is 23.2 Å². The van der Waals surface area contributed by atoms with Gasteiger partial charge in [-0.05, 0) is 24.1 Å². The summed E-state index contributed by atoms with van der Waals surface area (Å²) in [7, 11) is 1.36. The number of esters is 1. The monoisotopic (exact) mass is 322 g/mol. The van der Waals surface area contributed by atoms with Gasteiger partial charge in [-0.2, -0.15) is 0 Å². The number of hydrogen-bond acceptors (Lipinski definition) is 2. The molecule has 1 aromatic carbocycles. The highest BCUT2D eigenvalue weighted by Gasteiger charge is 2.18. The first-order chi connectivity index (χ1) is 10.1. The maximum absolute atomic E-state index is 11.4. The normalized spacial score (nSPS) is 16.3. The minimum Gasteiger partial charge on any atom is -0.466 e. The van der Waals surface area contributed by atoms with Crippen LogP contribution in [0.15, 0.2) is 54.7 Å². The first-order valence-electron chi connectivity index (χ1n) is 6.66. The molecule has 0 saturated heterocycles.